The van der Waals surface area contributed by atoms with Gasteiger partial charge in [0.2, 0.25) is 0 Å². The van der Waals surface area contributed by atoms with Crippen LogP contribution < -0.4 is 15.8 Å². The van der Waals surface area contributed by atoms with Crippen molar-refractivity contribution in [3.05, 3.63) is 23.8 Å². The molecule has 21 heavy (non-hydrogen) atoms. The van der Waals surface area contributed by atoms with Crippen LogP contribution in [0, 0.1) is 5.92 Å². The maximum Gasteiger partial charge on any atom is 0.338 e. The summed E-state index contributed by atoms with van der Waals surface area (Å²) in [4.78, 5) is 23.4. The van der Waals surface area contributed by atoms with E-state index in [0.717, 1.165) is 12.8 Å². The Bertz CT molecular complexity index is 526. The first-order chi connectivity index (χ1) is 10.1. The maximum absolute atomic E-state index is 11.9. The highest BCUT2D eigenvalue weighted by molar-refractivity contribution is 5.92. The molecular weight excluding hydrogens is 272 g/mol. The molecule has 0 unspecified atom stereocenters. The molecule has 1 aromatic carbocycles. The van der Waals surface area contributed by atoms with Crippen molar-refractivity contribution in [1.29, 1.82) is 0 Å². The van der Waals surface area contributed by atoms with Gasteiger partial charge in [-0.15, -0.1) is 0 Å². The predicted molar refractivity (Wildman–Crippen MR) is 78.0 cm³/mol. The van der Waals surface area contributed by atoms with Gasteiger partial charge in [0.25, 0.3) is 5.91 Å². The monoisotopic (exact) mass is 292 g/mol. The van der Waals surface area contributed by atoms with E-state index in [1.807, 2.05) is 6.92 Å². The standard InChI is InChI=1S/C15H20N2O4/c1-2-20-13-6-11(5-12(16)7-13)15(19)21-9-14(18)17-8-10-3-4-10/h5-7,10H,2-4,8-9,16H2,1H3,(H,17,18). The molecule has 1 fully saturated rings. The first-order valence-corrected chi connectivity index (χ1v) is 7.05. The largest absolute Gasteiger partial charge is 0.494 e. The van der Waals surface area contributed by atoms with Crippen molar-refractivity contribution in [2.45, 2.75) is 19.8 Å². The molecular formula is C15H20N2O4. The highest BCUT2D eigenvalue weighted by Crippen LogP contribution is 2.27. The molecule has 0 atom stereocenters. The third-order valence-corrected chi connectivity index (χ3v) is 3.09. The van der Waals surface area contributed by atoms with Gasteiger partial charge in [0.15, 0.2) is 6.61 Å². The van der Waals surface area contributed by atoms with E-state index in [1.54, 1.807) is 12.1 Å². The van der Waals surface area contributed by atoms with Gasteiger partial charge in [-0.2, -0.15) is 0 Å². The number of esters is 1. The maximum atomic E-state index is 11.9. The smallest absolute Gasteiger partial charge is 0.338 e. The molecule has 1 saturated carbocycles. The van der Waals surface area contributed by atoms with Crippen molar-refractivity contribution in [1.82, 2.24) is 5.32 Å². The van der Waals surface area contributed by atoms with Gasteiger partial charge in [0, 0.05) is 18.3 Å². The van der Waals surface area contributed by atoms with E-state index in [2.05, 4.69) is 5.32 Å². The molecule has 0 bridgehead atoms. The first kappa shape index (κ1) is 15.2. The van der Waals surface area contributed by atoms with Gasteiger partial charge in [0.05, 0.1) is 12.2 Å². The minimum Gasteiger partial charge on any atom is -0.494 e. The zero-order valence-corrected chi connectivity index (χ0v) is 12.1. The summed E-state index contributed by atoms with van der Waals surface area (Å²) in [7, 11) is 0. The number of benzene rings is 1. The second-order valence-electron chi connectivity index (χ2n) is 5.05. The van der Waals surface area contributed by atoms with E-state index in [9.17, 15) is 9.59 Å². The molecule has 0 heterocycles. The Kier molecular flexibility index (Phi) is 5.03. The van der Waals surface area contributed by atoms with Crippen LogP contribution in [0.5, 0.6) is 5.75 Å². The highest BCUT2D eigenvalue weighted by Gasteiger charge is 2.21. The fourth-order valence-electron chi connectivity index (χ4n) is 1.84. The zero-order valence-electron chi connectivity index (χ0n) is 12.1. The van der Waals surface area contributed by atoms with Crippen LogP contribution in [-0.4, -0.2) is 31.6 Å². The van der Waals surface area contributed by atoms with Crippen molar-refractivity contribution in [3.63, 3.8) is 0 Å². The summed E-state index contributed by atoms with van der Waals surface area (Å²) in [5, 5.41) is 2.73. The molecule has 1 amide bonds. The van der Waals surface area contributed by atoms with E-state index in [4.69, 9.17) is 15.2 Å². The van der Waals surface area contributed by atoms with Gasteiger partial charge in [-0.3, -0.25) is 4.79 Å². The number of nitrogen functional groups attached to an aromatic ring is 1. The number of nitrogens with one attached hydrogen (secondary N) is 1. The number of nitrogens with two attached hydrogens (primary N) is 1. The summed E-state index contributed by atoms with van der Waals surface area (Å²) < 4.78 is 10.3. The summed E-state index contributed by atoms with van der Waals surface area (Å²) in [6, 6.07) is 4.67. The number of anilines is 1. The van der Waals surface area contributed by atoms with Gasteiger partial charge in [-0.1, -0.05) is 0 Å². The molecule has 1 aromatic rings. The normalized spacial score (nSPS) is 13.6. The summed E-state index contributed by atoms with van der Waals surface area (Å²) >= 11 is 0. The second-order valence-corrected chi connectivity index (χ2v) is 5.05. The molecule has 0 aromatic heterocycles. The predicted octanol–water partition coefficient (Wildman–Crippen LogP) is 1.35. The Morgan fingerprint density at radius 2 is 2.10 bits per heavy atom. The molecule has 114 valence electrons. The number of hydrogen-bond donors (Lipinski definition) is 2. The Labute approximate surface area is 123 Å². The first-order valence-electron chi connectivity index (χ1n) is 7.05. The SMILES string of the molecule is CCOc1cc(N)cc(C(=O)OCC(=O)NCC2CC2)c1. The lowest BCUT2D eigenvalue weighted by Gasteiger charge is -2.09. The molecule has 0 aliphatic heterocycles. The van der Waals surface area contributed by atoms with Gasteiger partial charge in [-0.05, 0) is 37.8 Å². The van der Waals surface area contributed by atoms with Crippen molar-refractivity contribution in [2.75, 3.05) is 25.5 Å². The number of amides is 1. The van der Waals surface area contributed by atoms with Crippen LogP contribution in [0.15, 0.2) is 18.2 Å². The lowest BCUT2D eigenvalue weighted by atomic mass is 10.2. The fourth-order valence-corrected chi connectivity index (χ4v) is 1.84. The van der Waals surface area contributed by atoms with Crippen LogP contribution >= 0.6 is 0 Å². The van der Waals surface area contributed by atoms with Crippen LogP contribution in [0.2, 0.25) is 0 Å². The number of ether oxygens (including phenoxy) is 2. The molecule has 1 aliphatic rings. The van der Waals surface area contributed by atoms with E-state index < -0.39 is 5.97 Å². The van der Waals surface area contributed by atoms with Gasteiger partial charge < -0.3 is 20.5 Å². The topological polar surface area (TPSA) is 90.7 Å². The highest BCUT2D eigenvalue weighted by atomic mass is 16.5. The third kappa shape index (κ3) is 4.98. The van der Waals surface area contributed by atoms with E-state index >= 15 is 0 Å². The Hall–Kier alpha value is -2.24. The summed E-state index contributed by atoms with van der Waals surface area (Å²) in [5.41, 5.74) is 6.38. The third-order valence-electron chi connectivity index (χ3n) is 3.09. The molecule has 0 saturated heterocycles. The van der Waals surface area contributed by atoms with Crippen molar-refractivity contribution in [2.24, 2.45) is 5.92 Å². The fraction of sp³-hybridized carbons (Fsp3) is 0.467. The number of rotatable bonds is 7. The van der Waals surface area contributed by atoms with E-state index in [0.29, 0.717) is 30.5 Å². The zero-order chi connectivity index (χ0) is 15.2. The molecule has 2 rings (SSSR count). The second kappa shape index (κ2) is 6.97. The van der Waals surface area contributed by atoms with Gasteiger partial charge in [-0.25, -0.2) is 4.79 Å². The van der Waals surface area contributed by atoms with Crippen LogP contribution in [0.1, 0.15) is 30.1 Å². The average Bonchev–Trinajstić information content (AvgIpc) is 3.26. The van der Waals surface area contributed by atoms with Crippen LogP contribution in [-0.2, 0) is 9.53 Å². The Morgan fingerprint density at radius 1 is 1.33 bits per heavy atom. The van der Waals surface area contributed by atoms with E-state index in [-0.39, 0.29) is 18.1 Å². The Morgan fingerprint density at radius 3 is 2.76 bits per heavy atom. The van der Waals surface area contributed by atoms with Gasteiger partial charge >= 0.3 is 5.97 Å². The minimum atomic E-state index is -0.593. The van der Waals surface area contributed by atoms with Crippen LogP contribution in [0.3, 0.4) is 0 Å². The van der Waals surface area contributed by atoms with Crippen molar-refractivity contribution in [3.8, 4) is 5.75 Å². The van der Waals surface area contributed by atoms with Crippen LogP contribution in [0.4, 0.5) is 5.69 Å². The molecule has 1 aliphatic carbocycles. The van der Waals surface area contributed by atoms with Crippen molar-refractivity contribution < 1.29 is 19.1 Å². The average molecular weight is 292 g/mol. The lowest BCUT2D eigenvalue weighted by Crippen LogP contribution is -2.30. The molecule has 6 nitrogen and oxygen atoms in total. The van der Waals surface area contributed by atoms with Crippen LogP contribution in [0.25, 0.3) is 0 Å². The number of carbonyl (C=O) groups is 2. The quantitative estimate of drug-likeness (QED) is 0.585. The molecule has 0 radical (unpaired) electrons. The molecule has 3 N–H and O–H groups in total. The summed E-state index contributed by atoms with van der Waals surface area (Å²) in [6.07, 6.45) is 2.31. The Balaban J connectivity index is 1.85. The number of hydrogen-bond acceptors (Lipinski definition) is 5. The summed E-state index contributed by atoms with van der Waals surface area (Å²) in [6.45, 7) is 2.68. The molecule has 0 spiro atoms. The summed E-state index contributed by atoms with van der Waals surface area (Å²) in [5.74, 6) is 0.212. The van der Waals surface area contributed by atoms with Crippen molar-refractivity contribution >= 4 is 17.6 Å². The minimum absolute atomic E-state index is 0.272. The number of carbonyl (C=O) groups excluding carboxylic acids is 2. The molecule has 6 heteroatoms. The van der Waals surface area contributed by atoms with Gasteiger partial charge in [0.1, 0.15) is 5.75 Å². The lowest BCUT2D eigenvalue weighted by molar-refractivity contribution is -0.124. The van der Waals surface area contributed by atoms with E-state index in [1.165, 1.54) is 6.07 Å².